The number of hydroxylamine groups is 1. The molecule has 2 aromatic carbocycles. The van der Waals surface area contributed by atoms with Crippen LogP contribution in [0, 0.1) is 19.8 Å². The fourth-order valence-electron chi connectivity index (χ4n) is 4.83. The predicted molar refractivity (Wildman–Crippen MR) is 138 cm³/mol. The van der Waals surface area contributed by atoms with Gasteiger partial charge in [0.2, 0.25) is 5.91 Å². The first-order chi connectivity index (χ1) is 17.2. The summed E-state index contributed by atoms with van der Waals surface area (Å²) in [6.45, 7) is 3.64. The van der Waals surface area contributed by atoms with Crippen LogP contribution >= 0.6 is 11.3 Å². The number of fused-ring (bicyclic) bond motifs is 1. The van der Waals surface area contributed by atoms with Gasteiger partial charge in [-0.25, -0.2) is 14.8 Å². The van der Waals surface area contributed by atoms with Crippen LogP contribution in [0.2, 0.25) is 0 Å². The van der Waals surface area contributed by atoms with E-state index in [0.717, 1.165) is 26.7 Å². The fraction of sp³-hybridized carbons (Fsp3) is 0.296. The maximum atomic E-state index is 14.0. The Balaban J connectivity index is 1.60. The number of nitrogens with zero attached hydrogens (tertiary/aromatic N) is 3. The van der Waals surface area contributed by atoms with Crippen LogP contribution in [-0.4, -0.2) is 45.1 Å². The molecule has 0 aliphatic carbocycles. The molecule has 2 aliphatic heterocycles. The van der Waals surface area contributed by atoms with Crippen LogP contribution in [0.3, 0.4) is 0 Å². The van der Waals surface area contributed by atoms with Crippen molar-refractivity contribution in [1.29, 1.82) is 0 Å². The maximum absolute atomic E-state index is 14.0. The second kappa shape index (κ2) is 9.07. The van der Waals surface area contributed by atoms with Crippen LogP contribution in [0.15, 0.2) is 54.6 Å². The second-order valence-corrected chi connectivity index (χ2v) is 10.3. The number of methoxy groups -OCH3 is 1. The molecule has 3 aromatic rings. The molecule has 1 aromatic heterocycles. The van der Waals surface area contributed by atoms with E-state index < -0.39 is 35.8 Å². The zero-order valence-corrected chi connectivity index (χ0v) is 21.5. The van der Waals surface area contributed by atoms with Crippen molar-refractivity contribution in [3.05, 3.63) is 76.2 Å². The molecule has 0 spiro atoms. The lowest BCUT2D eigenvalue weighted by molar-refractivity contribution is -0.126. The molecule has 0 N–H and O–H groups in total. The Labute approximate surface area is 213 Å². The van der Waals surface area contributed by atoms with Gasteiger partial charge < -0.3 is 9.64 Å². The normalized spacial score (nSPS) is 21.2. The van der Waals surface area contributed by atoms with Gasteiger partial charge in [0.25, 0.3) is 5.91 Å². The van der Waals surface area contributed by atoms with Gasteiger partial charge in [-0.3, -0.25) is 14.4 Å². The SMILES string of the molecule is COC(=O)c1c(N2C(=O)[C@@H]3[C@@H](ON(c4ccccc4)[C@H]3c3ccc(N(C)C)cc3)C2=O)sc(C)c1C. The Morgan fingerprint density at radius 3 is 2.28 bits per heavy atom. The summed E-state index contributed by atoms with van der Waals surface area (Å²) in [7, 11) is 5.21. The Morgan fingerprint density at radius 2 is 1.67 bits per heavy atom. The van der Waals surface area contributed by atoms with Crippen molar-refractivity contribution < 1.29 is 24.0 Å². The van der Waals surface area contributed by atoms with Gasteiger partial charge >= 0.3 is 5.97 Å². The van der Waals surface area contributed by atoms with E-state index in [1.807, 2.05) is 80.5 Å². The van der Waals surface area contributed by atoms with Crippen LogP contribution < -0.4 is 14.9 Å². The highest BCUT2D eigenvalue weighted by molar-refractivity contribution is 7.17. The zero-order chi connectivity index (χ0) is 25.7. The molecule has 9 heteroatoms. The Bertz CT molecular complexity index is 1340. The van der Waals surface area contributed by atoms with Crippen LogP contribution in [0.25, 0.3) is 0 Å². The molecule has 5 rings (SSSR count). The highest BCUT2D eigenvalue weighted by Gasteiger charge is 2.61. The third kappa shape index (κ3) is 3.66. The van der Waals surface area contributed by atoms with Gasteiger partial charge in [0, 0.05) is 24.7 Å². The molecule has 0 saturated carbocycles. The summed E-state index contributed by atoms with van der Waals surface area (Å²) in [5, 5.41) is 1.96. The minimum Gasteiger partial charge on any atom is -0.465 e. The Kier molecular flexibility index (Phi) is 6.05. The number of ether oxygens (including phenoxy) is 1. The van der Waals surface area contributed by atoms with Crippen molar-refractivity contribution in [2.24, 2.45) is 5.92 Å². The first-order valence-corrected chi connectivity index (χ1v) is 12.4. The summed E-state index contributed by atoms with van der Waals surface area (Å²) >= 11 is 1.24. The number of aryl methyl sites for hydroxylation is 1. The van der Waals surface area contributed by atoms with Gasteiger partial charge in [-0.2, -0.15) is 0 Å². The average molecular weight is 506 g/mol. The van der Waals surface area contributed by atoms with E-state index in [1.54, 1.807) is 12.0 Å². The smallest absolute Gasteiger partial charge is 0.341 e. The van der Waals surface area contributed by atoms with Crippen LogP contribution in [0.1, 0.15) is 32.4 Å². The number of para-hydroxylation sites is 1. The van der Waals surface area contributed by atoms with Gasteiger partial charge in [0.1, 0.15) is 10.9 Å². The number of hydrogen-bond donors (Lipinski definition) is 0. The summed E-state index contributed by atoms with van der Waals surface area (Å²) in [5.74, 6) is -2.23. The molecule has 0 radical (unpaired) electrons. The highest BCUT2D eigenvalue weighted by atomic mass is 32.1. The molecule has 2 aliphatic rings. The van der Waals surface area contributed by atoms with Gasteiger partial charge in [0.15, 0.2) is 6.10 Å². The van der Waals surface area contributed by atoms with Crippen molar-refractivity contribution in [1.82, 2.24) is 0 Å². The highest BCUT2D eigenvalue weighted by Crippen LogP contribution is 2.49. The van der Waals surface area contributed by atoms with Crippen molar-refractivity contribution in [3.63, 3.8) is 0 Å². The van der Waals surface area contributed by atoms with Gasteiger partial charge in [-0.05, 0) is 49.2 Å². The molecule has 2 fully saturated rings. The van der Waals surface area contributed by atoms with Crippen molar-refractivity contribution in [3.8, 4) is 0 Å². The first kappa shape index (κ1) is 24.0. The van der Waals surface area contributed by atoms with E-state index in [0.29, 0.717) is 5.56 Å². The van der Waals surface area contributed by atoms with Crippen molar-refractivity contribution in [2.45, 2.75) is 26.0 Å². The summed E-state index contributed by atoms with van der Waals surface area (Å²) in [4.78, 5) is 50.4. The van der Waals surface area contributed by atoms with Crippen molar-refractivity contribution in [2.75, 3.05) is 36.1 Å². The Morgan fingerprint density at radius 1 is 1.00 bits per heavy atom. The molecule has 186 valence electrons. The lowest BCUT2D eigenvalue weighted by Crippen LogP contribution is -2.37. The third-order valence-corrected chi connectivity index (χ3v) is 8.03. The van der Waals surface area contributed by atoms with E-state index >= 15 is 0 Å². The van der Waals surface area contributed by atoms with Gasteiger partial charge in [-0.1, -0.05) is 30.3 Å². The Hall–Kier alpha value is -3.69. The molecule has 36 heavy (non-hydrogen) atoms. The standard InChI is InChI=1S/C27H27N3O5S/c1-15-16(2)36-26(20(15)27(33)34-5)29-24(31)21-22(17-11-13-18(14-12-17)28(3)4)30(35-23(21)25(29)32)19-9-7-6-8-10-19/h6-14,21-23H,1-5H3/t21-,22-,23+/m0/s1. The van der Waals surface area contributed by atoms with Crippen LogP contribution in [0.5, 0.6) is 0 Å². The molecular formula is C27H27N3O5S. The largest absolute Gasteiger partial charge is 0.465 e. The number of anilines is 3. The summed E-state index contributed by atoms with van der Waals surface area (Å²) in [6, 6.07) is 16.8. The minimum absolute atomic E-state index is 0.244. The van der Waals surface area contributed by atoms with E-state index in [9.17, 15) is 14.4 Å². The maximum Gasteiger partial charge on any atom is 0.341 e. The molecule has 8 nitrogen and oxygen atoms in total. The monoisotopic (exact) mass is 505 g/mol. The first-order valence-electron chi connectivity index (χ1n) is 11.6. The van der Waals surface area contributed by atoms with Crippen molar-refractivity contribution >= 4 is 45.5 Å². The van der Waals surface area contributed by atoms with E-state index in [1.165, 1.54) is 18.4 Å². The number of hydrogen-bond acceptors (Lipinski definition) is 8. The topological polar surface area (TPSA) is 79.4 Å². The number of carbonyl (C=O) groups is 3. The van der Waals surface area contributed by atoms with E-state index in [-0.39, 0.29) is 10.6 Å². The molecule has 3 atom stereocenters. The quantitative estimate of drug-likeness (QED) is 0.379. The molecule has 0 bridgehead atoms. The molecule has 2 saturated heterocycles. The number of thiophene rings is 1. The zero-order valence-electron chi connectivity index (χ0n) is 20.7. The van der Waals surface area contributed by atoms with E-state index in [4.69, 9.17) is 9.57 Å². The molecule has 3 heterocycles. The van der Waals surface area contributed by atoms with E-state index in [2.05, 4.69) is 0 Å². The lowest BCUT2D eigenvalue weighted by Gasteiger charge is -2.29. The average Bonchev–Trinajstić information content (AvgIpc) is 3.49. The number of amides is 2. The molecule has 0 unspecified atom stereocenters. The predicted octanol–water partition coefficient (Wildman–Crippen LogP) is 4.27. The number of benzene rings is 2. The van der Waals surface area contributed by atoms with Crippen LogP contribution in [-0.2, 0) is 19.2 Å². The number of rotatable bonds is 5. The van der Waals surface area contributed by atoms with Crippen LogP contribution in [0.4, 0.5) is 16.4 Å². The van der Waals surface area contributed by atoms with Gasteiger partial charge in [-0.15, -0.1) is 11.3 Å². The lowest BCUT2D eigenvalue weighted by atomic mass is 9.90. The summed E-state index contributed by atoms with van der Waals surface area (Å²) < 4.78 is 4.97. The molecule has 2 amide bonds. The van der Waals surface area contributed by atoms with Gasteiger partial charge in [0.05, 0.1) is 24.4 Å². The number of esters is 1. The number of imide groups is 1. The second-order valence-electron chi connectivity index (χ2n) is 9.11. The minimum atomic E-state index is -1.01. The summed E-state index contributed by atoms with van der Waals surface area (Å²) in [5.41, 5.74) is 3.56. The third-order valence-electron chi connectivity index (χ3n) is 6.84. The summed E-state index contributed by atoms with van der Waals surface area (Å²) in [6.07, 6.45) is -1.01. The fourth-order valence-corrected chi connectivity index (χ4v) is 5.99. The number of carbonyl (C=O) groups excluding carboxylic acids is 3. The molecular weight excluding hydrogens is 478 g/mol.